The molecule has 6 nitrogen and oxygen atoms in total. The third-order valence-electron chi connectivity index (χ3n) is 2.96. The number of amides is 1. The molecule has 0 unspecified atom stereocenters. The van der Waals surface area contributed by atoms with E-state index in [0.29, 0.717) is 10.0 Å². The maximum atomic E-state index is 12.9. The lowest BCUT2D eigenvalue weighted by molar-refractivity contribution is -0.384. The van der Waals surface area contributed by atoms with Crippen molar-refractivity contribution in [1.82, 2.24) is 0 Å². The van der Waals surface area contributed by atoms with Gasteiger partial charge in [-0.15, -0.1) is 0 Å². The summed E-state index contributed by atoms with van der Waals surface area (Å²) in [7, 11) is 0. The lowest BCUT2D eigenvalue weighted by atomic mass is 10.1. The first kappa shape index (κ1) is 17.3. The van der Waals surface area contributed by atoms with Gasteiger partial charge in [-0.25, -0.2) is 4.39 Å². The SMILES string of the molecule is N#C/C(=C\c1ccc(F)cc1)C(=O)Nc1ccc([N+](=O)[O-])cc1Br. The largest absolute Gasteiger partial charge is 0.320 e. The van der Waals surface area contributed by atoms with Crippen LogP contribution in [-0.2, 0) is 4.79 Å². The van der Waals surface area contributed by atoms with Gasteiger partial charge in [0.2, 0.25) is 0 Å². The number of non-ortho nitro benzene ring substituents is 1. The number of anilines is 1. The van der Waals surface area contributed by atoms with Crippen LogP contribution in [0.5, 0.6) is 0 Å². The van der Waals surface area contributed by atoms with Crippen LogP contribution >= 0.6 is 15.9 Å². The zero-order chi connectivity index (χ0) is 17.7. The highest BCUT2D eigenvalue weighted by Crippen LogP contribution is 2.27. The molecule has 2 rings (SSSR count). The van der Waals surface area contributed by atoms with Gasteiger partial charge in [-0.2, -0.15) is 5.26 Å². The Balaban J connectivity index is 2.22. The van der Waals surface area contributed by atoms with Crippen LogP contribution in [0.15, 0.2) is 52.5 Å². The predicted molar refractivity (Wildman–Crippen MR) is 89.4 cm³/mol. The van der Waals surface area contributed by atoms with Crippen LogP contribution in [0.4, 0.5) is 15.8 Å². The number of nitriles is 1. The van der Waals surface area contributed by atoms with Crippen LogP contribution in [0.1, 0.15) is 5.56 Å². The molecule has 120 valence electrons. The van der Waals surface area contributed by atoms with E-state index in [-0.39, 0.29) is 16.9 Å². The molecule has 2 aromatic rings. The van der Waals surface area contributed by atoms with E-state index in [9.17, 15) is 19.3 Å². The molecular weight excluding hydrogens is 381 g/mol. The van der Waals surface area contributed by atoms with Crippen molar-refractivity contribution in [2.24, 2.45) is 0 Å². The van der Waals surface area contributed by atoms with Gasteiger partial charge < -0.3 is 5.32 Å². The Morgan fingerprint density at radius 2 is 1.96 bits per heavy atom. The minimum atomic E-state index is -0.684. The number of benzene rings is 2. The number of carbonyl (C=O) groups excluding carboxylic acids is 1. The maximum absolute atomic E-state index is 12.9. The molecule has 0 saturated heterocycles. The molecule has 1 N–H and O–H groups in total. The van der Waals surface area contributed by atoms with Crippen LogP contribution in [0, 0.1) is 27.3 Å². The van der Waals surface area contributed by atoms with E-state index in [1.165, 1.54) is 48.5 Å². The fourth-order valence-electron chi connectivity index (χ4n) is 1.78. The predicted octanol–water partition coefficient (Wildman–Crippen LogP) is 4.04. The zero-order valence-corrected chi connectivity index (χ0v) is 13.6. The average molecular weight is 390 g/mol. The molecule has 0 aliphatic carbocycles. The van der Waals surface area contributed by atoms with Crippen molar-refractivity contribution < 1.29 is 14.1 Å². The van der Waals surface area contributed by atoms with Gasteiger partial charge in [-0.1, -0.05) is 12.1 Å². The summed E-state index contributed by atoms with van der Waals surface area (Å²) in [6.45, 7) is 0. The van der Waals surface area contributed by atoms with Crippen LogP contribution in [0.3, 0.4) is 0 Å². The Labute approximate surface area is 144 Å². The number of rotatable bonds is 4. The van der Waals surface area contributed by atoms with E-state index in [4.69, 9.17) is 5.26 Å². The third kappa shape index (κ3) is 4.24. The molecule has 0 radical (unpaired) electrons. The molecular formula is C16H9BrFN3O3. The van der Waals surface area contributed by atoms with Crippen molar-refractivity contribution in [1.29, 1.82) is 5.26 Å². The molecule has 24 heavy (non-hydrogen) atoms. The Kier molecular flexibility index (Phi) is 5.39. The van der Waals surface area contributed by atoms with Crippen molar-refractivity contribution >= 4 is 39.3 Å². The molecule has 0 bridgehead atoms. The Morgan fingerprint density at radius 1 is 1.29 bits per heavy atom. The van der Waals surface area contributed by atoms with Crippen molar-refractivity contribution in [3.8, 4) is 6.07 Å². The monoisotopic (exact) mass is 389 g/mol. The van der Waals surface area contributed by atoms with Crippen molar-refractivity contribution in [3.63, 3.8) is 0 Å². The van der Waals surface area contributed by atoms with Gasteiger partial charge in [0, 0.05) is 16.6 Å². The smallest absolute Gasteiger partial charge is 0.270 e. The van der Waals surface area contributed by atoms with Crippen molar-refractivity contribution in [2.45, 2.75) is 0 Å². The van der Waals surface area contributed by atoms with Gasteiger partial charge in [0.15, 0.2) is 0 Å². The number of carbonyl (C=O) groups is 1. The maximum Gasteiger partial charge on any atom is 0.270 e. The fraction of sp³-hybridized carbons (Fsp3) is 0. The normalized spacial score (nSPS) is 10.8. The molecule has 1 amide bonds. The first-order chi connectivity index (χ1) is 11.4. The number of nitrogens with one attached hydrogen (secondary N) is 1. The summed E-state index contributed by atoms with van der Waals surface area (Å²) in [6.07, 6.45) is 1.31. The Hall–Kier alpha value is -3.05. The Morgan fingerprint density at radius 3 is 2.50 bits per heavy atom. The van der Waals surface area contributed by atoms with Gasteiger partial charge in [0.1, 0.15) is 17.5 Å². The van der Waals surface area contributed by atoms with Gasteiger partial charge in [0.05, 0.1) is 10.6 Å². The number of hydrogen-bond donors (Lipinski definition) is 1. The first-order valence-corrected chi connectivity index (χ1v) is 7.32. The number of nitro groups is 1. The molecule has 0 saturated carbocycles. The summed E-state index contributed by atoms with van der Waals surface area (Å²) in [5.41, 5.74) is 0.450. The van der Waals surface area contributed by atoms with Crippen LogP contribution in [0.2, 0.25) is 0 Å². The molecule has 0 aliphatic rings. The number of nitrogens with zero attached hydrogens (tertiary/aromatic N) is 2. The molecule has 0 atom stereocenters. The highest BCUT2D eigenvalue weighted by Gasteiger charge is 2.14. The summed E-state index contributed by atoms with van der Waals surface area (Å²) in [5.74, 6) is -1.11. The van der Waals surface area contributed by atoms with Crippen molar-refractivity contribution in [2.75, 3.05) is 5.32 Å². The number of halogens is 2. The molecule has 0 aliphatic heterocycles. The van der Waals surface area contributed by atoms with Gasteiger partial charge >= 0.3 is 0 Å². The topological polar surface area (TPSA) is 96.0 Å². The molecule has 0 fully saturated rings. The summed E-state index contributed by atoms with van der Waals surface area (Å²) < 4.78 is 13.2. The molecule has 0 aromatic heterocycles. The van der Waals surface area contributed by atoms with E-state index >= 15 is 0 Å². The van der Waals surface area contributed by atoms with Gasteiger partial charge in [0.25, 0.3) is 11.6 Å². The number of nitro benzene ring substituents is 1. The fourth-order valence-corrected chi connectivity index (χ4v) is 2.25. The lowest BCUT2D eigenvalue weighted by Crippen LogP contribution is -2.13. The summed E-state index contributed by atoms with van der Waals surface area (Å²) >= 11 is 3.13. The number of hydrogen-bond acceptors (Lipinski definition) is 4. The molecule has 8 heteroatoms. The van der Waals surface area contributed by atoms with Gasteiger partial charge in [-0.05, 0) is 45.8 Å². The third-order valence-corrected chi connectivity index (χ3v) is 3.61. The molecule has 2 aromatic carbocycles. The second-order valence-corrected chi connectivity index (χ2v) is 5.45. The highest BCUT2D eigenvalue weighted by atomic mass is 79.9. The van der Waals surface area contributed by atoms with Crippen LogP contribution < -0.4 is 5.32 Å². The summed E-state index contributed by atoms with van der Waals surface area (Å²) in [4.78, 5) is 22.3. The van der Waals surface area contributed by atoms with Crippen LogP contribution in [-0.4, -0.2) is 10.8 Å². The summed E-state index contributed by atoms with van der Waals surface area (Å²) in [5, 5.41) is 22.3. The average Bonchev–Trinajstić information content (AvgIpc) is 2.55. The first-order valence-electron chi connectivity index (χ1n) is 6.53. The van der Waals surface area contributed by atoms with E-state index in [1.54, 1.807) is 6.07 Å². The van der Waals surface area contributed by atoms with Crippen molar-refractivity contribution in [3.05, 3.63) is 74.0 Å². The van der Waals surface area contributed by atoms with E-state index < -0.39 is 16.6 Å². The minimum absolute atomic E-state index is 0.137. The molecule has 0 heterocycles. The van der Waals surface area contributed by atoms with Gasteiger partial charge in [-0.3, -0.25) is 14.9 Å². The van der Waals surface area contributed by atoms with E-state index in [2.05, 4.69) is 21.2 Å². The lowest BCUT2D eigenvalue weighted by Gasteiger charge is -2.06. The molecule has 0 spiro atoms. The highest BCUT2D eigenvalue weighted by molar-refractivity contribution is 9.10. The quantitative estimate of drug-likeness (QED) is 0.369. The minimum Gasteiger partial charge on any atom is -0.320 e. The standard InChI is InChI=1S/C16H9BrFN3O3/c17-14-8-13(21(23)24)5-6-15(14)20-16(22)11(9-19)7-10-1-3-12(18)4-2-10/h1-8H,(H,20,22)/b11-7+. The second-order valence-electron chi connectivity index (χ2n) is 4.60. The van der Waals surface area contributed by atoms with Crippen LogP contribution in [0.25, 0.3) is 6.08 Å². The zero-order valence-electron chi connectivity index (χ0n) is 12.0. The second kappa shape index (κ2) is 7.48. The van der Waals surface area contributed by atoms with E-state index in [0.717, 1.165) is 0 Å². The Bertz CT molecular complexity index is 873. The van der Waals surface area contributed by atoms with E-state index in [1.807, 2.05) is 0 Å². The summed E-state index contributed by atoms with van der Waals surface area (Å²) in [6, 6.07) is 10.9.